The van der Waals surface area contributed by atoms with E-state index in [2.05, 4.69) is 0 Å². The highest BCUT2D eigenvalue weighted by atomic mass is 35.5. The van der Waals surface area contributed by atoms with Crippen molar-refractivity contribution in [2.45, 2.75) is 45.6 Å². The predicted molar refractivity (Wildman–Crippen MR) is 89.1 cm³/mol. The number of ketones is 1. The molecule has 2 atom stereocenters. The highest BCUT2D eigenvalue weighted by molar-refractivity contribution is 6.30. The van der Waals surface area contributed by atoms with Crippen molar-refractivity contribution in [1.82, 2.24) is 0 Å². The Morgan fingerprint density at radius 1 is 1.13 bits per heavy atom. The molecule has 1 heterocycles. The molecule has 0 N–H and O–H groups in total. The minimum Gasteiger partial charge on any atom is -0.455 e. The normalized spacial score (nSPS) is 30.1. The summed E-state index contributed by atoms with van der Waals surface area (Å²) in [7, 11) is 0. The van der Waals surface area contributed by atoms with Crippen molar-refractivity contribution >= 4 is 23.4 Å². The number of carbonyl (C=O) groups excluding carboxylic acids is 2. The maximum Gasteiger partial charge on any atom is 0.324 e. The molecular weight excluding hydrogens is 312 g/mol. The first-order valence-corrected chi connectivity index (χ1v) is 8.45. The Bertz CT molecular complexity index is 660. The molecule has 1 aliphatic heterocycles. The lowest BCUT2D eigenvalue weighted by Crippen LogP contribution is -2.54. The van der Waals surface area contributed by atoms with Gasteiger partial charge >= 0.3 is 5.97 Å². The zero-order chi connectivity index (χ0) is 16.7. The highest BCUT2D eigenvalue weighted by Gasteiger charge is 2.59. The molecule has 1 aromatic rings. The molecule has 3 rings (SSSR count). The molecule has 1 aliphatic carbocycles. The summed E-state index contributed by atoms with van der Waals surface area (Å²) in [4.78, 5) is 26.0. The predicted octanol–water partition coefficient (Wildman–Crippen LogP) is 4.65. The van der Waals surface area contributed by atoms with Crippen molar-refractivity contribution < 1.29 is 14.3 Å². The second kappa shape index (κ2) is 5.79. The fourth-order valence-corrected chi connectivity index (χ4v) is 3.79. The molecule has 1 spiro atoms. The third-order valence-electron chi connectivity index (χ3n) is 5.00. The molecule has 2 aliphatic rings. The van der Waals surface area contributed by atoms with Gasteiger partial charge in [0.1, 0.15) is 11.5 Å². The van der Waals surface area contributed by atoms with Gasteiger partial charge < -0.3 is 4.74 Å². The summed E-state index contributed by atoms with van der Waals surface area (Å²) in [5.74, 6) is -0.459. The summed E-state index contributed by atoms with van der Waals surface area (Å²) in [6.45, 7) is 3.73. The van der Waals surface area contributed by atoms with Gasteiger partial charge in [-0.1, -0.05) is 42.3 Å². The van der Waals surface area contributed by atoms with Gasteiger partial charge in [0.15, 0.2) is 5.78 Å². The average molecular weight is 333 g/mol. The number of allylic oxidation sites excluding steroid dienone is 1. The lowest BCUT2D eigenvalue weighted by molar-refractivity contribution is -0.185. The van der Waals surface area contributed by atoms with Crippen LogP contribution >= 0.6 is 11.6 Å². The SMILES string of the molecule is CC1(C)C(=O)C2(C=CCCCC2)C(=O)OC1c1ccc(Cl)cc1. The molecule has 1 aromatic carbocycles. The number of Topliss-reactive ketones (excluding diaryl/α,β-unsaturated/α-hetero) is 1. The Hall–Kier alpha value is -1.61. The number of cyclic esters (lactones) is 1. The van der Waals surface area contributed by atoms with Crippen molar-refractivity contribution in [3.8, 4) is 0 Å². The molecule has 0 saturated carbocycles. The monoisotopic (exact) mass is 332 g/mol. The van der Waals surface area contributed by atoms with Crippen molar-refractivity contribution in [1.29, 1.82) is 0 Å². The molecule has 3 nitrogen and oxygen atoms in total. The fraction of sp³-hybridized carbons (Fsp3) is 0.474. The zero-order valence-electron chi connectivity index (χ0n) is 13.5. The third-order valence-corrected chi connectivity index (χ3v) is 5.25. The Labute approximate surface area is 141 Å². The summed E-state index contributed by atoms with van der Waals surface area (Å²) in [6, 6.07) is 7.13. The van der Waals surface area contributed by atoms with Crippen LogP contribution < -0.4 is 0 Å². The van der Waals surface area contributed by atoms with Crippen LogP contribution in [0, 0.1) is 10.8 Å². The van der Waals surface area contributed by atoms with Crippen molar-refractivity contribution in [2.75, 3.05) is 0 Å². The van der Waals surface area contributed by atoms with Gasteiger partial charge in [0, 0.05) is 5.02 Å². The van der Waals surface area contributed by atoms with E-state index >= 15 is 0 Å². The van der Waals surface area contributed by atoms with E-state index in [9.17, 15) is 9.59 Å². The lowest BCUT2D eigenvalue weighted by Gasteiger charge is -2.45. The van der Waals surface area contributed by atoms with E-state index in [1.54, 1.807) is 18.2 Å². The van der Waals surface area contributed by atoms with E-state index < -0.39 is 22.9 Å². The van der Waals surface area contributed by atoms with Crippen LogP contribution in [0.4, 0.5) is 0 Å². The van der Waals surface area contributed by atoms with Crippen molar-refractivity contribution in [2.24, 2.45) is 10.8 Å². The average Bonchev–Trinajstić information content (AvgIpc) is 2.78. The van der Waals surface area contributed by atoms with Gasteiger partial charge in [-0.15, -0.1) is 0 Å². The van der Waals surface area contributed by atoms with Crippen LogP contribution in [0.2, 0.25) is 5.02 Å². The summed E-state index contributed by atoms with van der Waals surface area (Å²) >= 11 is 5.93. The Kier molecular flexibility index (Phi) is 4.09. The fourth-order valence-electron chi connectivity index (χ4n) is 3.66. The molecule has 0 amide bonds. The van der Waals surface area contributed by atoms with Gasteiger partial charge in [-0.3, -0.25) is 9.59 Å². The Morgan fingerprint density at radius 3 is 2.52 bits per heavy atom. The molecule has 1 fully saturated rings. The largest absolute Gasteiger partial charge is 0.455 e. The molecule has 4 heteroatoms. The zero-order valence-corrected chi connectivity index (χ0v) is 14.2. The second-order valence-electron chi connectivity index (χ2n) is 7.01. The molecule has 0 radical (unpaired) electrons. The van der Waals surface area contributed by atoms with E-state index in [1.165, 1.54) is 0 Å². The van der Waals surface area contributed by atoms with Crippen LogP contribution in [0.1, 0.15) is 51.2 Å². The van der Waals surface area contributed by atoms with Crippen LogP contribution in [-0.4, -0.2) is 11.8 Å². The smallest absolute Gasteiger partial charge is 0.324 e. The minimum absolute atomic E-state index is 0.0423. The van der Waals surface area contributed by atoms with Gasteiger partial charge in [0.25, 0.3) is 0 Å². The summed E-state index contributed by atoms with van der Waals surface area (Å²) in [6.07, 6.45) is 6.45. The van der Waals surface area contributed by atoms with E-state index in [1.807, 2.05) is 32.1 Å². The molecule has 0 bridgehead atoms. The number of benzene rings is 1. The van der Waals surface area contributed by atoms with E-state index in [0.717, 1.165) is 24.8 Å². The van der Waals surface area contributed by atoms with Crippen molar-refractivity contribution in [3.63, 3.8) is 0 Å². The molecule has 23 heavy (non-hydrogen) atoms. The van der Waals surface area contributed by atoms with Crippen LogP contribution in [0.5, 0.6) is 0 Å². The van der Waals surface area contributed by atoms with Gasteiger partial charge in [-0.05, 0) is 50.8 Å². The number of halogens is 1. The first-order chi connectivity index (χ1) is 10.9. The van der Waals surface area contributed by atoms with E-state index in [-0.39, 0.29) is 5.78 Å². The number of hydrogen-bond donors (Lipinski definition) is 0. The topological polar surface area (TPSA) is 43.4 Å². The Morgan fingerprint density at radius 2 is 1.83 bits per heavy atom. The van der Waals surface area contributed by atoms with E-state index in [0.29, 0.717) is 11.4 Å². The number of esters is 1. The highest BCUT2D eigenvalue weighted by Crippen LogP contribution is 2.51. The summed E-state index contributed by atoms with van der Waals surface area (Å²) < 4.78 is 5.79. The second-order valence-corrected chi connectivity index (χ2v) is 7.44. The van der Waals surface area contributed by atoms with Crippen molar-refractivity contribution in [3.05, 3.63) is 47.0 Å². The quantitative estimate of drug-likeness (QED) is 0.427. The third kappa shape index (κ3) is 2.61. The van der Waals surface area contributed by atoms with Gasteiger partial charge in [0.05, 0.1) is 5.41 Å². The summed E-state index contributed by atoms with van der Waals surface area (Å²) in [5, 5.41) is 0.614. The maximum absolute atomic E-state index is 13.3. The van der Waals surface area contributed by atoms with Crippen LogP contribution in [-0.2, 0) is 14.3 Å². The number of carbonyl (C=O) groups is 2. The van der Waals surface area contributed by atoms with Gasteiger partial charge in [0.2, 0.25) is 0 Å². The Balaban J connectivity index is 2.01. The van der Waals surface area contributed by atoms with Gasteiger partial charge in [-0.2, -0.15) is 0 Å². The lowest BCUT2D eigenvalue weighted by atomic mass is 9.64. The molecular formula is C19H21ClO3. The van der Waals surface area contributed by atoms with Gasteiger partial charge in [-0.25, -0.2) is 0 Å². The van der Waals surface area contributed by atoms with E-state index in [4.69, 9.17) is 16.3 Å². The summed E-state index contributed by atoms with van der Waals surface area (Å²) in [5.41, 5.74) is -1.09. The minimum atomic E-state index is -1.11. The molecule has 1 saturated heterocycles. The molecule has 2 unspecified atom stereocenters. The standard InChI is InChI=1S/C19H21ClO3/c1-18(2)15(13-7-9-14(20)10-8-13)23-17(22)19(16(18)21)11-5-3-4-6-12-19/h5,7-11,15H,3-4,6,12H2,1-2H3. The van der Waals surface area contributed by atoms with Crippen LogP contribution in [0.3, 0.4) is 0 Å². The first kappa shape index (κ1) is 16.3. The first-order valence-electron chi connectivity index (χ1n) is 8.07. The number of ether oxygens (including phenoxy) is 1. The molecule has 122 valence electrons. The van der Waals surface area contributed by atoms with Crippen LogP contribution in [0.15, 0.2) is 36.4 Å². The number of hydrogen-bond acceptors (Lipinski definition) is 3. The van der Waals surface area contributed by atoms with Crippen LogP contribution in [0.25, 0.3) is 0 Å². The number of rotatable bonds is 1. The molecule has 0 aromatic heterocycles. The maximum atomic E-state index is 13.3.